The molecule has 0 aromatic heterocycles. The molecule has 2 N–H and O–H groups in total. The maximum Gasteiger partial charge on any atom is 0.257 e. The smallest absolute Gasteiger partial charge is 0.257 e. The SMILES string of the molecule is CNS(=O)(=O)c1ccc(Cl)c(C(=O)Nc2cc(OC)cc(OC)c2)c1. The molecule has 0 aliphatic carbocycles. The molecule has 0 aliphatic rings. The van der Waals surface area contributed by atoms with Crippen LogP contribution < -0.4 is 19.5 Å². The van der Waals surface area contributed by atoms with E-state index in [0.717, 1.165) is 0 Å². The monoisotopic (exact) mass is 384 g/mol. The van der Waals surface area contributed by atoms with Gasteiger partial charge in [0.25, 0.3) is 5.91 Å². The first-order valence-corrected chi connectivity index (χ1v) is 8.94. The highest BCUT2D eigenvalue weighted by Gasteiger charge is 2.18. The number of anilines is 1. The Hall–Kier alpha value is -2.29. The predicted molar refractivity (Wildman–Crippen MR) is 95.2 cm³/mol. The molecule has 0 saturated heterocycles. The Kier molecular flexibility index (Phi) is 5.89. The molecule has 2 aromatic carbocycles. The quantitative estimate of drug-likeness (QED) is 0.798. The molecular weight excluding hydrogens is 368 g/mol. The van der Waals surface area contributed by atoms with Crippen LogP contribution in [0.1, 0.15) is 10.4 Å². The van der Waals surface area contributed by atoms with Crippen LogP contribution in [0.4, 0.5) is 5.69 Å². The van der Waals surface area contributed by atoms with E-state index >= 15 is 0 Å². The van der Waals surface area contributed by atoms with Crippen LogP contribution >= 0.6 is 11.6 Å². The standard InChI is InChI=1S/C16H17ClN2O5S/c1-18-25(21,22)13-4-5-15(17)14(9-13)16(20)19-10-6-11(23-2)8-12(7-10)24-3/h4-9,18H,1-3H3,(H,19,20). The van der Waals surface area contributed by atoms with Gasteiger partial charge in [-0.2, -0.15) is 0 Å². The third-order valence-electron chi connectivity index (χ3n) is 3.37. The summed E-state index contributed by atoms with van der Waals surface area (Å²) < 4.78 is 36.3. The Morgan fingerprint density at radius 2 is 1.64 bits per heavy atom. The highest BCUT2D eigenvalue weighted by Crippen LogP contribution is 2.27. The first-order chi connectivity index (χ1) is 11.8. The van der Waals surface area contributed by atoms with Crippen molar-refractivity contribution in [2.24, 2.45) is 0 Å². The van der Waals surface area contributed by atoms with Crippen molar-refractivity contribution < 1.29 is 22.7 Å². The molecule has 0 aliphatic heterocycles. The van der Waals surface area contributed by atoms with Crippen LogP contribution in [0.2, 0.25) is 5.02 Å². The van der Waals surface area contributed by atoms with Gasteiger partial charge in [-0.25, -0.2) is 13.1 Å². The van der Waals surface area contributed by atoms with Crippen LogP contribution in [0.3, 0.4) is 0 Å². The molecule has 134 valence electrons. The van der Waals surface area contributed by atoms with E-state index in [9.17, 15) is 13.2 Å². The van der Waals surface area contributed by atoms with E-state index in [1.807, 2.05) is 0 Å². The second-order valence-electron chi connectivity index (χ2n) is 4.90. The number of hydrogen-bond acceptors (Lipinski definition) is 5. The number of amides is 1. The van der Waals surface area contributed by atoms with Gasteiger partial charge in [-0.3, -0.25) is 4.79 Å². The fraction of sp³-hybridized carbons (Fsp3) is 0.188. The first kappa shape index (κ1) is 19.0. The molecule has 2 aromatic rings. The summed E-state index contributed by atoms with van der Waals surface area (Å²) in [5, 5.41) is 2.77. The van der Waals surface area contributed by atoms with Crippen LogP contribution in [0.25, 0.3) is 0 Å². The lowest BCUT2D eigenvalue weighted by Gasteiger charge is -2.11. The van der Waals surface area contributed by atoms with Crippen LogP contribution in [-0.4, -0.2) is 35.6 Å². The van der Waals surface area contributed by atoms with Gasteiger partial charge in [0.2, 0.25) is 10.0 Å². The number of hydrogen-bond donors (Lipinski definition) is 2. The lowest BCUT2D eigenvalue weighted by molar-refractivity contribution is 0.102. The number of halogens is 1. The number of sulfonamides is 1. The maximum atomic E-state index is 12.5. The molecular formula is C16H17ClN2O5S. The van der Waals surface area contributed by atoms with Gasteiger partial charge in [-0.15, -0.1) is 0 Å². The van der Waals surface area contributed by atoms with Crippen LogP contribution in [0, 0.1) is 0 Å². The van der Waals surface area contributed by atoms with Gasteiger partial charge in [0.1, 0.15) is 11.5 Å². The lowest BCUT2D eigenvalue weighted by atomic mass is 10.2. The van der Waals surface area contributed by atoms with Gasteiger partial charge >= 0.3 is 0 Å². The molecule has 0 bridgehead atoms. The fourth-order valence-electron chi connectivity index (χ4n) is 2.04. The molecule has 7 nitrogen and oxygen atoms in total. The zero-order chi connectivity index (χ0) is 18.6. The molecule has 0 atom stereocenters. The summed E-state index contributed by atoms with van der Waals surface area (Å²) >= 11 is 6.04. The average Bonchev–Trinajstić information content (AvgIpc) is 2.61. The topological polar surface area (TPSA) is 93.7 Å². The molecule has 0 heterocycles. The van der Waals surface area contributed by atoms with Gasteiger partial charge in [0.15, 0.2) is 0 Å². The third kappa shape index (κ3) is 4.41. The van der Waals surface area contributed by atoms with E-state index < -0.39 is 15.9 Å². The number of carbonyl (C=O) groups is 1. The highest BCUT2D eigenvalue weighted by atomic mass is 35.5. The number of rotatable bonds is 6. The molecule has 0 unspecified atom stereocenters. The van der Waals surface area contributed by atoms with Crippen LogP contribution in [-0.2, 0) is 10.0 Å². The number of methoxy groups -OCH3 is 2. The molecule has 2 rings (SSSR count). The molecule has 25 heavy (non-hydrogen) atoms. The van der Waals surface area contributed by atoms with E-state index in [1.165, 1.54) is 39.5 Å². The number of carbonyl (C=O) groups excluding carboxylic acids is 1. The molecule has 9 heteroatoms. The van der Waals surface area contributed by atoms with E-state index in [4.69, 9.17) is 21.1 Å². The summed E-state index contributed by atoms with van der Waals surface area (Å²) in [7, 11) is 0.569. The van der Waals surface area contributed by atoms with Crippen molar-refractivity contribution in [3.8, 4) is 11.5 Å². The minimum absolute atomic E-state index is 0.0276. The Morgan fingerprint density at radius 3 is 2.16 bits per heavy atom. The van der Waals surface area contributed by atoms with E-state index in [1.54, 1.807) is 18.2 Å². The van der Waals surface area contributed by atoms with Crippen molar-refractivity contribution in [3.63, 3.8) is 0 Å². The van der Waals surface area contributed by atoms with Crippen molar-refractivity contribution in [1.29, 1.82) is 0 Å². The highest BCUT2D eigenvalue weighted by molar-refractivity contribution is 7.89. The van der Waals surface area contributed by atoms with Gasteiger partial charge in [-0.1, -0.05) is 11.6 Å². The maximum absolute atomic E-state index is 12.5. The number of ether oxygens (including phenoxy) is 2. The second kappa shape index (κ2) is 7.73. The fourth-order valence-corrected chi connectivity index (χ4v) is 3.00. The van der Waals surface area contributed by atoms with Crippen molar-refractivity contribution in [2.75, 3.05) is 26.6 Å². The van der Waals surface area contributed by atoms with Crippen LogP contribution in [0.5, 0.6) is 11.5 Å². The molecule has 0 fully saturated rings. The molecule has 0 radical (unpaired) electrons. The molecule has 1 amide bonds. The zero-order valence-electron chi connectivity index (χ0n) is 13.8. The summed E-state index contributed by atoms with van der Waals surface area (Å²) in [6.45, 7) is 0. The molecule has 0 saturated carbocycles. The lowest BCUT2D eigenvalue weighted by Crippen LogP contribution is -2.20. The Labute approximate surface area is 151 Å². The number of benzene rings is 2. The largest absolute Gasteiger partial charge is 0.497 e. The van der Waals surface area contributed by atoms with E-state index in [0.29, 0.717) is 17.2 Å². The van der Waals surface area contributed by atoms with Gasteiger partial charge < -0.3 is 14.8 Å². The normalized spacial score (nSPS) is 11.0. The van der Waals surface area contributed by atoms with Gasteiger partial charge in [0, 0.05) is 23.9 Å². The average molecular weight is 385 g/mol. The summed E-state index contributed by atoms with van der Waals surface area (Å²) in [4.78, 5) is 12.4. The Bertz CT molecular complexity index is 877. The van der Waals surface area contributed by atoms with Crippen LogP contribution in [0.15, 0.2) is 41.3 Å². The van der Waals surface area contributed by atoms with E-state index in [2.05, 4.69) is 10.0 Å². The van der Waals surface area contributed by atoms with Crippen molar-refractivity contribution in [2.45, 2.75) is 4.90 Å². The van der Waals surface area contributed by atoms with Gasteiger partial charge in [0.05, 0.1) is 29.7 Å². The third-order valence-corrected chi connectivity index (χ3v) is 5.11. The Morgan fingerprint density at radius 1 is 1.04 bits per heavy atom. The van der Waals surface area contributed by atoms with Gasteiger partial charge in [-0.05, 0) is 25.2 Å². The molecule has 0 spiro atoms. The van der Waals surface area contributed by atoms with Crippen molar-refractivity contribution >= 4 is 33.2 Å². The minimum atomic E-state index is -3.69. The summed E-state index contributed by atoms with van der Waals surface area (Å²) in [5.41, 5.74) is 0.443. The zero-order valence-corrected chi connectivity index (χ0v) is 15.4. The Balaban J connectivity index is 2.37. The van der Waals surface area contributed by atoms with E-state index in [-0.39, 0.29) is 15.5 Å². The predicted octanol–water partition coefficient (Wildman–Crippen LogP) is 2.52. The summed E-state index contributed by atoms with van der Waals surface area (Å²) in [5.74, 6) is 0.424. The minimum Gasteiger partial charge on any atom is -0.497 e. The number of nitrogens with one attached hydrogen (secondary N) is 2. The van der Waals surface area contributed by atoms with Crippen molar-refractivity contribution in [3.05, 3.63) is 47.0 Å². The van der Waals surface area contributed by atoms with Crippen molar-refractivity contribution in [1.82, 2.24) is 4.72 Å². The second-order valence-corrected chi connectivity index (χ2v) is 7.20. The summed E-state index contributed by atoms with van der Waals surface area (Å²) in [6, 6.07) is 8.74. The first-order valence-electron chi connectivity index (χ1n) is 7.08. The summed E-state index contributed by atoms with van der Waals surface area (Å²) in [6.07, 6.45) is 0.